The van der Waals surface area contributed by atoms with Crippen molar-refractivity contribution in [2.45, 2.75) is 69.3 Å². The third kappa shape index (κ3) is 6.93. The number of nitrogens with one attached hydrogen (secondary N) is 1. The van der Waals surface area contributed by atoms with Crippen molar-refractivity contribution in [1.29, 1.82) is 0 Å². The third-order valence-corrected chi connectivity index (χ3v) is 5.64. The molecule has 0 radical (unpaired) electrons. The standard InChI is InChI=1S/C16H25NO8Se/c1-6-26-16-13(17-8(2)18)15(24-11(5)21)14(23-10(4)20)12(25-16)7-22-9(3)19/h12-16H,6-7H2,1-5H3,(H,17,18)/t12-,13-,14-,15-,16+/m1/s1. The van der Waals surface area contributed by atoms with Crippen LogP contribution in [0.1, 0.15) is 34.6 Å². The van der Waals surface area contributed by atoms with Crippen molar-refractivity contribution in [3.63, 3.8) is 0 Å². The minimum atomic E-state index is -1.02. The molecule has 1 saturated heterocycles. The molecule has 1 aliphatic rings. The van der Waals surface area contributed by atoms with Gasteiger partial charge in [0, 0.05) is 0 Å². The van der Waals surface area contributed by atoms with Crippen LogP contribution in [0.2, 0.25) is 5.32 Å². The monoisotopic (exact) mass is 439 g/mol. The van der Waals surface area contributed by atoms with Gasteiger partial charge in [0.2, 0.25) is 0 Å². The molecule has 0 bridgehead atoms. The van der Waals surface area contributed by atoms with Crippen LogP contribution in [0.5, 0.6) is 0 Å². The van der Waals surface area contributed by atoms with Crippen LogP contribution in [-0.4, -0.2) is 74.7 Å². The molecule has 26 heavy (non-hydrogen) atoms. The molecular formula is C16H25NO8Se. The summed E-state index contributed by atoms with van der Waals surface area (Å²) in [5.74, 6) is -2.03. The van der Waals surface area contributed by atoms with E-state index in [1.165, 1.54) is 27.7 Å². The summed E-state index contributed by atoms with van der Waals surface area (Å²) in [6, 6.07) is -0.672. The fourth-order valence-corrected chi connectivity index (χ4v) is 4.65. The molecule has 9 nitrogen and oxygen atoms in total. The zero-order valence-corrected chi connectivity index (χ0v) is 17.2. The van der Waals surface area contributed by atoms with E-state index in [1.54, 1.807) is 0 Å². The van der Waals surface area contributed by atoms with Gasteiger partial charge in [0.15, 0.2) is 0 Å². The van der Waals surface area contributed by atoms with Gasteiger partial charge in [-0.2, -0.15) is 0 Å². The average molecular weight is 438 g/mol. The van der Waals surface area contributed by atoms with Crippen LogP contribution in [0.4, 0.5) is 0 Å². The summed E-state index contributed by atoms with van der Waals surface area (Å²) in [5, 5.41) is 3.10. The predicted molar refractivity (Wildman–Crippen MR) is 90.2 cm³/mol. The maximum atomic E-state index is 11.6. The van der Waals surface area contributed by atoms with E-state index in [0.717, 1.165) is 5.32 Å². The minimum absolute atomic E-state index is 0.0544. The maximum absolute atomic E-state index is 11.6. The van der Waals surface area contributed by atoms with E-state index in [2.05, 4.69) is 5.32 Å². The first kappa shape index (κ1) is 22.4. The van der Waals surface area contributed by atoms with Crippen LogP contribution in [0.15, 0.2) is 0 Å². The van der Waals surface area contributed by atoms with Crippen LogP contribution in [0, 0.1) is 0 Å². The molecule has 0 aromatic carbocycles. The van der Waals surface area contributed by atoms with Crippen LogP contribution < -0.4 is 5.32 Å². The molecule has 0 saturated carbocycles. The third-order valence-electron chi connectivity index (χ3n) is 3.40. The second-order valence-corrected chi connectivity index (χ2v) is 8.56. The Kier molecular flexibility index (Phi) is 9.04. The van der Waals surface area contributed by atoms with Gasteiger partial charge < -0.3 is 0 Å². The Morgan fingerprint density at radius 2 is 1.54 bits per heavy atom. The van der Waals surface area contributed by atoms with Gasteiger partial charge in [0.1, 0.15) is 0 Å². The molecule has 0 aromatic heterocycles. The molecule has 10 heteroatoms. The fraction of sp³-hybridized carbons (Fsp3) is 0.750. The van der Waals surface area contributed by atoms with Crippen LogP contribution >= 0.6 is 0 Å². The van der Waals surface area contributed by atoms with E-state index in [0.29, 0.717) is 0 Å². The van der Waals surface area contributed by atoms with Gasteiger partial charge in [-0.3, -0.25) is 0 Å². The summed E-state index contributed by atoms with van der Waals surface area (Å²) in [5.41, 5.74) is 0. The summed E-state index contributed by atoms with van der Waals surface area (Å²) in [4.78, 5) is 46.0. The number of hydrogen-bond donors (Lipinski definition) is 1. The first-order valence-corrected chi connectivity index (χ1v) is 10.4. The van der Waals surface area contributed by atoms with Crippen molar-refractivity contribution in [3.05, 3.63) is 0 Å². The number of carbonyl (C=O) groups is 4. The van der Waals surface area contributed by atoms with Crippen molar-refractivity contribution in [1.82, 2.24) is 5.32 Å². The zero-order chi connectivity index (χ0) is 19.9. The second kappa shape index (κ2) is 10.5. The zero-order valence-electron chi connectivity index (χ0n) is 15.5. The molecule has 1 aliphatic heterocycles. The van der Waals surface area contributed by atoms with Gasteiger partial charge in [-0.15, -0.1) is 0 Å². The summed E-state index contributed by atoms with van der Waals surface area (Å²) >= 11 is -0.0544. The van der Waals surface area contributed by atoms with Gasteiger partial charge in [0.05, 0.1) is 0 Å². The van der Waals surface area contributed by atoms with Gasteiger partial charge in [-0.1, -0.05) is 0 Å². The first-order valence-electron chi connectivity index (χ1n) is 8.17. The van der Waals surface area contributed by atoms with Gasteiger partial charge >= 0.3 is 158 Å². The van der Waals surface area contributed by atoms with Crippen molar-refractivity contribution in [2.24, 2.45) is 0 Å². The number of carbonyl (C=O) groups excluding carboxylic acids is 4. The quantitative estimate of drug-likeness (QED) is 0.330. The molecule has 0 aromatic rings. The fourth-order valence-electron chi connectivity index (χ4n) is 2.60. The molecule has 148 valence electrons. The Hall–Kier alpha value is -1.64. The van der Waals surface area contributed by atoms with E-state index in [-0.39, 0.29) is 27.5 Å². The summed E-state index contributed by atoms with van der Waals surface area (Å²) < 4.78 is 21.7. The molecule has 1 heterocycles. The first-order chi connectivity index (χ1) is 12.1. The molecule has 1 N–H and O–H groups in total. The van der Waals surface area contributed by atoms with E-state index in [1.807, 2.05) is 6.92 Å². The van der Waals surface area contributed by atoms with E-state index in [4.69, 9.17) is 18.9 Å². The van der Waals surface area contributed by atoms with E-state index >= 15 is 0 Å². The van der Waals surface area contributed by atoms with Gasteiger partial charge in [-0.25, -0.2) is 0 Å². The Balaban J connectivity index is 3.22. The Bertz CT molecular complexity index is 540. The van der Waals surface area contributed by atoms with Crippen molar-refractivity contribution in [2.75, 3.05) is 6.61 Å². The van der Waals surface area contributed by atoms with Crippen molar-refractivity contribution in [3.8, 4) is 0 Å². The normalized spacial score (nSPS) is 28.0. The van der Waals surface area contributed by atoms with Crippen LogP contribution in [0.25, 0.3) is 0 Å². The molecule has 0 aliphatic carbocycles. The van der Waals surface area contributed by atoms with Crippen molar-refractivity contribution < 1.29 is 38.1 Å². The Morgan fingerprint density at radius 1 is 0.962 bits per heavy atom. The van der Waals surface area contributed by atoms with E-state index in [9.17, 15) is 19.2 Å². The summed E-state index contributed by atoms with van der Waals surface area (Å²) in [7, 11) is 0. The molecule has 0 spiro atoms. The second-order valence-electron chi connectivity index (χ2n) is 5.68. The topological polar surface area (TPSA) is 117 Å². The molecule has 0 unspecified atom stereocenters. The number of rotatable bonds is 7. The SMILES string of the molecule is CC[Se][C@@H]1O[C@H](COC(C)=O)[C@@H](OC(C)=O)[C@H](OC(C)=O)[C@H]1NC(C)=O. The Morgan fingerprint density at radius 3 is 2.00 bits per heavy atom. The molecule has 1 fully saturated rings. The van der Waals surface area contributed by atoms with Gasteiger partial charge in [0.25, 0.3) is 0 Å². The van der Waals surface area contributed by atoms with E-state index < -0.39 is 47.3 Å². The molecular weight excluding hydrogens is 413 g/mol. The molecule has 1 rings (SSSR count). The van der Waals surface area contributed by atoms with Crippen LogP contribution in [0.3, 0.4) is 0 Å². The molecule has 5 atom stereocenters. The number of hydrogen-bond acceptors (Lipinski definition) is 8. The van der Waals surface area contributed by atoms with Crippen LogP contribution in [-0.2, 0) is 38.1 Å². The summed E-state index contributed by atoms with van der Waals surface area (Å²) in [6.45, 7) is 6.84. The Labute approximate surface area is 158 Å². The van der Waals surface area contributed by atoms with Gasteiger partial charge in [-0.05, 0) is 0 Å². The summed E-state index contributed by atoms with van der Waals surface area (Å²) in [6.07, 6.45) is -2.78. The predicted octanol–water partition coefficient (Wildman–Crippen LogP) is -0.215. The molecule has 1 amide bonds. The number of ether oxygens (including phenoxy) is 4. The average Bonchev–Trinajstić information content (AvgIpc) is 2.50. The van der Waals surface area contributed by atoms with Crippen molar-refractivity contribution >= 4 is 38.8 Å². The number of esters is 3. The number of amides is 1.